The van der Waals surface area contributed by atoms with Crippen molar-refractivity contribution in [3.8, 4) is 0 Å². The Morgan fingerprint density at radius 1 is 1.14 bits per heavy atom. The highest BCUT2D eigenvalue weighted by Crippen LogP contribution is 2.34. The number of carbonyl (C=O) groups excluding carboxylic acids is 1. The van der Waals surface area contributed by atoms with Crippen molar-refractivity contribution in [1.29, 1.82) is 0 Å². The summed E-state index contributed by atoms with van der Waals surface area (Å²) in [6.45, 7) is 7.80. The minimum absolute atomic E-state index is 0.208. The summed E-state index contributed by atoms with van der Waals surface area (Å²) in [6.07, 6.45) is -4.41. The molecule has 0 aliphatic rings. The van der Waals surface area contributed by atoms with E-state index in [0.717, 1.165) is 25.2 Å². The molecule has 0 aliphatic carbocycles. The molecule has 1 aromatic rings. The van der Waals surface area contributed by atoms with Crippen molar-refractivity contribution in [3.05, 3.63) is 23.8 Å². The molecule has 0 heterocycles. The van der Waals surface area contributed by atoms with Crippen LogP contribution in [0.2, 0.25) is 0 Å². The molecule has 1 amide bonds. The number of hydrogen-bond donors (Lipinski definition) is 2. The van der Waals surface area contributed by atoms with E-state index in [1.54, 1.807) is 6.92 Å². The summed E-state index contributed by atoms with van der Waals surface area (Å²) in [5.41, 5.74) is -0.123. The molecule has 22 heavy (non-hydrogen) atoms. The summed E-state index contributed by atoms with van der Waals surface area (Å²) < 4.78 is 38.2. The van der Waals surface area contributed by atoms with Gasteiger partial charge in [-0.25, -0.2) is 0 Å². The molecule has 0 spiro atoms. The van der Waals surface area contributed by atoms with Crippen LogP contribution in [-0.2, 0) is 11.0 Å². The zero-order valence-corrected chi connectivity index (χ0v) is 13.0. The summed E-state index contributed by atoms with van der Waals surface area (Å²) in [7, 11) is 0. The van der Waals surface area contributed by atoms with Gasteiger partial charge in [0.25, 0.3) is 0 Å². The second-order valence-electron chi connectivity index (χ2n) is 4.80. The highest BCUT2D eigenvalue weighted by atomic mass is 19.4. The molecule has 0 fully saturated rings. The third-order valence-corrected chi connectivity index (χ3v) is 3.25. The lowest BCUT2D eigenvalue weighted by Gasteiger charge is -2.19. The molecule has 4 nitrogen and oxygen atoms in total. The van der Waals surface area contributed by atoms with Crippen LogP contribution >= 0.6 is 0 Å². The van der Waals surface area contributed by atoms with Crippen molar-refractivity contribution in [2.75, 3.05) is 36.8 Å². The predicted molar refractivity (Wildman–Crippen MR) is 82.0 cm³/mol. The number of amides is 1. The molecule has 124 valence electrons. The van der Waals surface area contributed by atoms with Crippen LogP contribution in [0.25, 0.3) is 0 Å². The largest absolute Gasteiger partial charge is 0.416 e. The third-order valence-electron chi connectivity index (χ3n) is 3.25. The maximum atomic E-state index is 12.7. The fourth-order valence-electron chi connectivity index (χ4n) is 2.01. The van der Waals surface area contributed by atoms with Crippen LogP contribution < -0.4 is 10.6 Å². The number of alkyl halides is 3. The highest BCUT2D eigenvalue weighted by Gasteiger charge is 2.31. The Labute approximate surface area is 128 Å². The zero-order chi connectivity index (χ0) is 16.8. The van der Waals surface area contributed by atoms with Gasteiger partial charge in [0.2, 0.25) is 5.91 Å². The van der Waals surface area contributed by atoms with E-state index < -0.39 is 11.7 Å². The molecule has 0 bridgehead atoms. The molecule has 0 aromatic heterocycles. The normalized spacial score (nSPS) is 11.6. The number of nitrogens with zero attached hydrogens (tertiary/aromatic N) is 1. The van der Waals surface area contributed by atoms with Gasteiger partial charge < -0.3 is 10.6 Å². The number of benzene rings is 1. The standard InChI is InChI=1S/C15H22F3N3O/c1-4-19-13-9-11(15(16,17)18)7-8-12(13)20-14(22)10-21(5-2)6-3/h7-9,19H,4-6,10H2,1-3H3,(H,20,22). The van der Waals surface area contributed by atoms with Gasteiger partial charge in [-0.2, -0.15) is 13.2 Å². The van der Waals surface area contributed by atoms with Crippen molar-refractivity contribution in [2.45, 2.75) is 26.9 Å². The second kappa shape index (κ2) is 8.03. The average molecular weight is 317 g/mol. The average Bonchev–Trinajstić information content (AvgIpc) is 2.45. The molecular weight excluding hydrogens is 295 g/mol. The number of carbonyl (C=O) groups is 1. The lowest BCUT2D eigenvalue weighted by atomic mass is 10.1. The topological polar surface area (TPSA) is 44.4 Å². The molecule has 1 rings (SSSR count). The summed E-state index contributed by atoms with van der Waals surface area (Å²) in [4.78, 5) is 13.9. The molecule has 0 saturated carbocycles. The van der Waals surface area contributed by atoms with Crippen LogP contribution in [0.4, 0.5) is 24.5 Å². The van der Waals surface area contributed by atoms with E-state index in [0.29, 0.717) is 12.2 Å². The van der Waals surface area contributed by atoms with Crippen molar-refractivity contribution >= 4 is 17.3 Å². The molecule has 0 atom stereocenters. The van der Waals surface area contributed by atoms with E-state index in [2.05, 4.69) is 10.6 Å². The Bertz CT molecular complexity index is 499. The Morgan fingerprint density at radius 2 is 1.77 bits per heavy atom. The van der Waals surface area contributed by atoms with E-state index in [1.807, 2.05) is 18.7 Å². The lowest BCUT2D eigenvalue weighted by molar-refractivity contribution is -0.137. The number of likely N-dealkylation sites (N-methyl/N-ethyl adjacent to an activating group) is 1. The molecule has 0 aliphatic heterocycles. The molecule has 0 saturated heterocycles. The van der Waals surface area contributed by atoms with Gasteiger partial charge in [-0.05, 0) is 38.2 Å². The molecular formula is C15H22F3N3O. The quantitative estimate of drug-likeness (QED) is 0.810. The van der Waals surface area contributed by atoms with Gasteiger partial charge >= 0.3 is 6.18 Å². The SMILES string of the molecule is CCNc1cc(C(F)(F)F)ccc1NC(=O)CN(CC)CC. The van der Waals surface area contributed by atoms with Crippen LogP contribution in [0.3, 0.4) is 0 Å². The maximum absolute atomic E-state index is 12.7. The molecule has 2 N–H and O–H groups in total. The Kier molecular flexibility index (Phi) is 6.67. The van der Waals surface area contributed by atoms with E-state index >= 15 is 0 Å². The van der Waals surface area contributed by atoms with Crippen LogP contribution in [0, 0.1) is 0 Å². The van der Waals surface area contributed by atoms with Crippen molar-refractivity contribution < 1.29 is 18.0 Å². The zero-order valence-electron chi connectivity index (χ0n) is 13.0. The Balaban J connectivity index is 2.91. The molecule has 0 unspecified atom stereocenters. The molecule has 7 heteroatoms. The van der Waals surface area contributed by atoms with Crippen LogP contribution in [0.15, 0.2) is 18.2 Å². The van der Waals surface area contributed by atoms with Crippen LogP contribution in [0.1, 0.15) is 26.3 Å². The number of anilines is 2. The summed E-state index contributed by atoms with van der Waals surface area (Å²) >= 11 is 0. The monoisotopic (exact) mass is 317 g/mol. The smallest absolute Gasteiger partial charge is 0.384 e. The van der Waals surface area contributed by atoms with Crippen molar-refractivity contribution in [3.63, 3.8) is 0 Å². The first kappa shape index (κ1) is 18.3. The highest BCUT2D eigenvalue weighted by molar-refractivity contribution is 5.95. The summed E-state index contributed by atoms with van der Waals surface area (Å²) in [5.74, 6) is -0.248. The summed E-state index contributed by atoms with van der Waals surface area (Å²) in [5, 5.41) is 5.51. The van der Waals surface area contributed by atoms with Gasteiger partial charge in [-0.3, -0.25) is 9.69 Å². The van der Waals surface area contributed by atoms with Crippen LogP contribution in [0.5, 0.6) is 0 Å². The molecule has 1 aromatic carbocycles. The van der Waals surface area contributed by atoms with Gasteiger partial charge in [-0.15, -0.1) is 0 Å². The lowest BCUT2D eigenvalue weighted by Crippen LogP contribution is -2.33. The number of halogens is 3. The maximum Gasteiger partial charge on any atom is 0.416 e. The minimum atomic E-state index is -4.41. The predicted octanol–water partition coefficient (Wildman–Crippen LogP) is 3.42. The van der Waals surface area contributed by atoms with E-state index in [9.17, 15) is 18.0 Å². The van der Waals surface area contributed by atoms with E-state index in [-0.39, 0.29) is 18.1 Å². The number of rotatable bonds is 7. The number of hydrogen-bond acceptors (Lipinski definition) is 3. The van der Waals surface area contributed by atoms with Gasteiger partial charge in [0.05, 0.1) is 23.5 Å². The van der Waals surface area contributed by atoms with Crippen LogP contribution in [-0.4, -0.2) is 37.0 Å². The van der Waals surface area contributed by atoms with Crippen molar-refractivity contribution in [2.24, 2.45) is 0 Å². The first-order valence-corrected chi connectivity index (χ1v) is 7.29. The van der Waals surface area contributed by atoms with Gasteiger partial charge in [0.1, 0.15) is 0 Å². The fourth-order valence-corrected chi connectivity index (χ4v) is 2.01. The Morgan fingerprint density at radius 3 is 2.27 bits per heavy atom. The third kappa shape index (κ3) is 5.22. The fraction of sp³-hybridized carbons (Fsp3) is 0.533. The first-order chi connectivity index (χ1) is 10.3. The van der Waals surface area contributed by atoms with Gasteiger partial charge in [0.15, 0.2) is 0 Å². The minimum Gasteiger partial charge on any atom is -0.384 e. The van der Waals surface area contributed by atoms with Gasteiger partial charge in [0, 0.05) is 6.54 Å². The first-order valence-electron chi connectivity index (χ1n) is 7.29. The summed E-state index contributed by atoms with van der Waals surface area (Å²) in [6, 6.07) is 3.26. The van der Waals surface area contributed by atoms with E-state index in [4.69, 9.17) is 0 Å². The molecule has 0 radical (unpaired) electrons. The van der Waals surface area contributed by atoms with E-state index in [1.165, 1.54) is 6.07 Å². The van der Waals surface area contributed by atoms with Crippen molar-refractivity contribution in [1.82, 2.24) is 4.90 Å². The van der Waals surface area contributed by atoms with Gasteiger partial charge in [-0.1, -0.05) is 13.8 Å². The second-order valence-corrected chi connectivity index (χ2v) is 4.80. The Hall–Kier alpha value is -1.76. The number of nitrogens with one attached hydrogen (secondary N) is 2.